The minimum atomic E-state index is 0.391. The second-order valence-electron chi connectivity index (χ2n) is 6.34. The van der Waals surface area contributed by atoms with Gasteiger partial charge in [-0.2, -0.15) is 4.98 Å². The minimum Gasteiger partial charge on any atom is -0.368 e. The quantitative estimate of drug-likeness (QED) is 0.920. The van der Waals surface area contributed by atoms with Crippen molar-refractivity contribution in [3.8, 4) is 0 Å². The van der Waals surface area contributed by atoms with Gasteiger partial charge in [0.15, 0.2) is 0 Å². The molecule has 1 aliphatic rings. The molecule has 108 valence electrons. The first-order valence-electron chi connectivity index (χ1n) is 7.29. The van der Waals surface area contributed by atoms with Gasteiger partial charge < -0.3 is 10.6 Å². The smallest absolute Gasteiger partial charge is 0.223 e. The first kappa shape index (κ1) is 13.6. The zero-order valence-electron chi connectivity index (χ0n) is 12.4. The van der Waals surface area contributed by atoms with Crippen LogP contribution in [0, 0.1) is 5.41 Å². The van der Waals surface area contributed by atoms with Crippen molar-refractivity contribution in [3.05, 3.63) is 10.9 Å². The van der Waals surface area contributed by atoms with Gasteiger partial charge in [0.05, 0.1) is 5.39 Å². The first-order chi connectivity index (χ1) is 9.48. The summed E-state index contributed by atoms with van der Waals surface area (Å²) in [6.45, 7) is 8.96. The molecule has 20 heavy (non-hydrogen) atoms. The van der Waals surface area contributed by atoms with Gasteiger partial charge in [0.2, 0.25) is 5.95 Å². The number of hydrogen-bond donors (Lipinski definition) is 1. The van der Waals surface area contributed by atoms with Gasteiger partial charge in [-0.3, -0.25) is 0 Å². The molecule has 0 unspecified atom stereocenters. The van der Waals surface area contributed by atoms with Crippen molar-refractivity contribution in [2.75, 3.05) is 23.7 Å². The molecule has 0 atom stereocenters. The summed E-state index contributed by atoms with van der Waals surface area (Å²) in [5.41, 5.74) is 6.34. The van der Waals surface area contributed by atoms with E-state index in [1.807, 2.05) is 0 Å². The maximum atomic E-state index is 5.89. The second kappa shape index (κ2) is 4.88. The normalized spacial score (nSPS) is 18.6. The molecule has 0 aliphatic carbocycles. The van der Waals surface area contributed by atoms with E-state index >= 15 is 0 Å². The third-order valence-corrected chi connectivity index (χ3v) is 5.38. The van der Waals surface area contributed by atoms with E-state index in [2.05, 4.69) is 41.7 Å². The Labute approximate surface area is 124 Å². The van der Waals surface area contributed by atoms with Crippen LogP contribution in [0.3, 0.4) is 0 Å². The Morgan fingerprint density at radius 1 is 1.30 bits per heavy atom. The van der Waals surface area contributed by atoms with Crippen LogP contribution in [0.25, 0.3) is 10.2 Å². The fraction of sp³-hybridized carbons (Fsp3) is 0.600. The summed E-state index contributed by atoms with van der Waals surface area (Å²) in [5, 5.41) is 1.17. The van der Waals surface area contributed by atoms with Gasteiger partial charge >= 0.3 is 0 Å². The average molecular weight is 290 g/mol. The van der Waals surface area contributed by atoms with E-state index in [0.29, 0.717) is 11.4 Å². The van der Waals surface area contributed by atoms with Crippen LogP contribution in [0.4, 0.5) is 11.8 Å². The van der Waals surface area contributed by atoms with Crippen LogP contribution in [0.2, 0.25) is 0 Å². The lowest BCUT2D eigenvalue weighted by atomic mass is 9.82. The first-order valence-corrected chi connectivity index (χ1v) is 8.11. The predicted octanol–water partition coefficient (Wildman–Crippen LogP) is 3.46. The molecule has 1 aliphatic heterocycles. The van der Waals surface area contributed by atoms with Gasteiger partial charge in [0.1, 0.15) is 10.6 Å². The standard InChI is InChI=1S/C15H22N4S/c1-4-10-9-11-12(17-14(16)18-13(11)20-10)19-7-5-15(2,3)6-8-19/h9H,4-8H2,1-3H3,(H2,16,17,18). The predicted molar refractivity (Wildman–Crippen MR) is 86.4 cm³/mol. The molecule has 4 nitrogen and oxygen atoms in total. The van der Waals surface area contributed by atoms with E-state index in [9.17, 15) is 0 Å². The van der Waals surface area contributed by atoms with E-state index in [0.717, 1.165) is 30.2 Å². The lowest BCUT2D eigenvalue weighted by Gasteiger charge is -2.37. The molecular formula is C15H22N4S. The molecule has 1 fully saturated rings. The van der Waals surface area contributed by atoms with Crippen LogP contribution >= 0.6 is 11.3 Å². The molecule has 0 radical (unpaired) electrons. The van der Waals surface area contributed by atoms with E-state index in [1.165, 1.54) is 23.1 Å². The molecule has 0 bridgehead atoms. The van der Waals surface area contributed by atoms with Gasteiger partial charge in [-0.1, -0.05) is 20.8 Å². The molecular weight excluding hydrogens is 268 g/mol. The molecule has 2 aromatic heterocycles. The number of piperidine rings is 1. The Morgan fingerprint density at radius 2 is 2.00 bits per heavy atom. The molecule has 0 aromatic carbocycles. The summed E-state index contributed by atoms with van der Waals surface area (Å²) >= 11 is 1.73. The lowest BCUT2D eigenvalue weighted by Crippen LogP contribution is -2.37. The second-order valence-corrected chi connectivity index (χ2v) is 7.46. The highest BCUT2D eigenvalue weighted by molar-refractivity contribution is 7.18. The molecule has 0 amide bonds. The molecule has 0 saturated carbocycles. The summed E-state index contributed by atoms with van der Waals surface area (Å²) in [7, 11) is 0. The number of aromatic nitrogens is 2. The lowest BCUT2D eigenvalue weighted by molar-refractivity contribution is 0.279. The van der Waals surface area contributed by atoms with E-state index in [1.54, 1.807) is 11.3 Å². The van der Waals surface area contributed by atoms with E-state index in [-0.39, 0.29) is 0 Å². The Morgan fingerprint density at radius 3 is 2.65 bits per heavy atom. The number of thiophene rings is 1. The zero-order chi connectivity index (χ0) is 14.3. The van der Waals surface area contributed by atoms with E-state index < -0.39 is 0 Å². The van der Waals surface area contributed by atoms with Gasteiger partial charge in [0.25, 0.3) is 0 Å². The van der Waals surface area contributed by atoms with Gasteiger partial charge in [-0.15, -0.1) is 11.3 Å². The number of nitrogen functional groups attached to an aromatic ring is 1. The fourth-order valence-electron chi connectivity index (χ4n) is 2.71. The van der Waals surface area contributed by atoms with Crippen molar-refractivity contribution in [2.24, 2.45) is 5.41 Å². The van der Waals surface area contributed by atoms with Crippen molar-refractivity contribution in [1.29, 1.82) is 0 Å². The van der Waals surface area contributed by atoms with Gasteiger partial charge in [0, 0.05) is 18.0 Å². The van der Waals surface area contributed by atoms with Crippen molar-refractivity contribution in [3.63, 3.8) is 0 Å². The highest BCUT2D eigenvalue weighted by Crippen LogP contribution is 2.36. The van der Waals surface area contributed by atoms with Crippen LogP contribution in [0.1, 0.15) is 38.5 Å². The monoisotopic (exact) mass is 290 g/mol. The van der Waals surface area contributed by atoms with Crippen molar-refractivity contribution >= 4 is 33.3 Å². The Balaban J connectivity index is 2.00. The zero-order valence-corrected chi connectivity index (χ0v) is 13.3. The summed E-state index contributed by atoms with van der Waals surface area (Å²) in [6, 6.07) is 2.23. The molecule has 0 spiro atoms. The molecule has 3 rings (SSSR count). The molecule has 2 aromatic rings. The third kappa shape index (κ3) is 2.46. The maximum Gasteiger partial charge on any atom is 0.223 e. The van der Waals surface area contributed by atoms with Crippen LogP contribution in [0.15, 0.2) is 6.07 Å². The van der Waals surface area contributed by atoms with Crippen molar-refractivity contribution < 1.29 is 0 Å². The summed E-state index contributed by atoms with van der Waals surface area (Å²) in [4.78, 5) is 13.6. The third-order valence-electron chi connectivity index (χ3n) is 4.21. The largest absolute Gasteiger partial charge is 0.368 e. The number of nitrogens with zero attached hydrogens (tertiary/aromatic N) is 3. The number of nitrogens with two attached hydrogens (primary N) is 1. The fourth-order valence-corrected chi connectivity index (χ4v) is 3.68. The number of anilines is 2. The molecule has 3 heterocycles. The summed E-state index contributed by atoms with van der Waals surface area (Å²) in [6.07, 6.45) is 3.43. The number of aryl methyl sites for hydroxylation is 1. The van der Waals surface area contributed by atoms with Crippen LogP contribution in [-0.2, 0) is 6.42 Å². The Kier molecular flexibility index (Phi) is 3.32. The highest BCUT2D eigenvalue weighted by atomic mass is 32.1. The number of hydrogen-bond acceptors (Lipinski definition) is 5. The summed E-state index contributed by atoms with van der Waals surface area (Å²) < 4.78 is 0. The van der Waals surface area contributed by atoms with Crippen LogP contribution < -0.4 is 10.6 Å². The van der Waals surface area contributed by atoms with Crippen LogP contribution in [-0.4, -0.2) is 23.1 Å². The van der Waals surface area contributed by atoms with Crippen molar-refractivity contribution in [2.45, 2.75) is 40.0 Å². The Bertz CT molecular complexity index is 622. The van der Waals surface area contributed by atoms with Gasteiger partial charge in [-0.05, 0) is 30.7 Å². The SMILES string of the molecule is CCc1cc2c(N3CCC(C)(C)CC3)nc(N)nc2s1. The topological polar surface area (TPSA) is 55.0 Å². The minimum absolute atomic E-state index is 0.391. The highest BCUT2D eigenvalue weighted by Gasteiger charge is 2.27. The van der Waals surface area contributed by atoms with Crippen LogP contribution in [0.5, 0.6) is 0 Å². The number of fused-ring (bicyclic) bond motifs is 1. The average Bonchev–Trinajstić information content (AvgIpc) is 2.80. The van der Waals surface area contributed by atoms with Gasteiger partial charge in [-0.25, -0.2) is 4.98 Å². The van der Waals surface area contributed by atoms with Crippen molar-refractivity contribution in [1.82, 2.24) is 9.97 Å². The van der Waals surface area contributed by atoms with E-state index in [4.69, 9.17) is 5.73 Å². The molecule has 2 N–H and O–H groups in total. The molecule has 5 heteroatoms. The Hall–Kier alpha value is -1.36. The maximum absolute atomic E-state index is 5.89. The summed E-state index contributed by atoms with van der Waals surface area (Å²) in [5.74, 6) is 1.42. The number of rotatable bonds is 2. The molecule has 1 saturated heterocycles.